The summed E-state index contributed by atoms with van der Waals surface area (Å²) in [6.07, 6.45) is 6.19. The fourth-order valence-electron chi connectivity index (χ4n) is 6.72. The number of nitrogens with one attached hydrogen (secondary N) is 4. The van der Waals surface area contributed by atoms with E-state index in [-0.39, 0.29) is 23.6 Å². The Morgan fingerprint density at radius 1 is 0.900 bits per heavy atom. The van der Waals surface area contributed by atoms with Crippen LogP contribution in [0.15, 0.2) is 0 Å². The molecule has 13 heteroatoms. The van der Waals surface area contributed by atoms with Gasteiger partial charge in [-0.2, -0.15) is 0 Å². The van der Waals surface area contributed by atoms with Crippen molar-refractivity contribution in [1.29, 1.82) is 0 Å². The number of ketones is 1. The molecular weight excluding hydrogens is 659 g/mol. The maximum atomic E-state index is 14.6. The summed E-state index contributed by atoms with van der Waals surface area (Å²) >= 11 is 0. The Morgan fingerprint density at radius 2 is 1.50 bits per heavy atom. The van der Waals surface area contributed by atoms with E-state index in [0.29, 0.717) is 45.1 Å². The number of rotatable bonds is 14. The van der Waals surface area contributed by atoms with E-state index >= 15 is 0 Å². The molecule has 0 spiro atoms. The van der Waals surface area contributed by atoms with Gasteiger partial charge < -0.3 is 26.2 Å². The summed E-state index contributed by atoms with van der Waals surface area (Å²) in [4.78, 5) is 69.8. The zero-order chi connectivity index (χ0) is 38.3. The molecule has 2 unspecified atom stereocenters. The highest BCUT2D eigenvalue weighted by molar-refractivity contribution is 7.92. The van der Waals surface area contributed by atoms with Gasteiger partial charge in [0, 0.05) is 13.1 Å². The Hall–Kier alpha value is -2.70. The maximum absolute atomic E-state index is 14.6. The van der Waals surface area contributed by atoms with Crippen molar-refractivity contribution >= 4 is 39.4 Å². The normalized spacial score (nSPS) is 22.1. The van der Waals surface area contributed by atoms with E-state index in [1.807, 2.05) is 55.4 Å². The Balaban J connectivity index is 2.42. The van der Waals surface area contributed by atoms with E-state index in [9.17, 15) is 32.4 Å². The fourth-order valence-corrected chi connectivity index (χ4v) is 8.24. The molecule has 5 amide bonds. The fraction of sp³-hybridized carbons (Fsp3) is 0.865. The van der Waals surface area contributed by atoms with Crippen LogP contribution in [0.1, 0.15) is 140 Å². The minimum Gasteiger partial charge on any atom is -0.349 e. The molecule has 1 heterocycles. The van der Waals surface area contributed by atoms with E-state index in [0.717, 1.165) is 25.7 Å². The van der Waals surface area contributed by atoms with Crippen molar-refractivity contribution in [3.8, 4) is 0 Å². The van der Waals surface area contributed by atoms with Crippen molar-refractivity contribution < 1.29 is 32.4 Å². The topological polar surface area (TPSA) is 171 Å². The van der Waals surface area contributed by atoms with Gasteiger partial charge in [-0.25, -0.2) is 13.2 Å². The molecular formula is C37H67N5O7S. The third-order valence-electron chi connectivity index (χ3n) is 10.7. The first-order valence-corrected chi connectivity index (χ1v) is 20.3. The van der Waals surface area contributed by atoms with Gasteiger partial charge in [-0.15, -0.1) is 0 Å². The van der Waals surface area contributed by atoms with E-state index in [2.05, 4.69) is 21.3 Å². The maximum Gasteiger partial charge on any atom is 0.315 e. The number of sulfone groups is 1. The minimum absolute atomic E-state index is 0.00963. The van der Waals surface area contributed by atoms with Crippen LogP contribution in [0.4, 0.5) is 4.79 Å². The number of carbonyl (C=O) groups is 5. The number of amides is 5. The standard InChI is InChI=1S/C37H67N5O7S/c1-12-14-18-26(28(43)31(45)38-21-13-2)39-30(44)27-22-36(10,11)25(3)23-42(27)32(46)29(34(4,5)6)40-33(47)41-37(19-16-15-17-20-37)24-50(48,49)35(7,8)9/h25-27,29H,12-24H2,1-11H3,(H,38,45)(H,39,44)(H2,40,41,47)/t25?,26?,27-,29+/m0/s1. The van der Waals surface area contributed by atoms with Crippen LogP contribution in [-0.2, 0) is 29.0 Å². The van der Waals surface area contributed by atoms with Crippen LogP contribution in [0.5, 0.6) is 0 Å². The molecule has 0 bridgehead atoms. The predicted molar refractivity (Wildman–Crippen MR) is 197 cm³/mol. The van der Waals surface area contributed by atoms with Gasteiger partial charge >= 0.3 is 6.03 Å². The van der Waals surface area contributed by atoms with Crippen molar-refractivity contribution in [2.24, 2.45) is 16.7 Å². The van der Waals surface area contributed by atoms with Gasteiger partial charge in [-0.05, 0) is 69.6 Å². The zero-order valence-corrected chi connectivity index (χ0v) is 33.5. The van der Waals surface area contributed by atoms with Gasteiger partial charge in [0.25, 0.3) is 5.91 Å². The number of Topliss-reactive ketones (excluding diaryl/α,β-unsaturated/α-hetero) is 1. The third-order valence-corrected chi connectivity index (χ3v) is 13.5. The van der Waals surface area contributed by atoms with Gasteiger partial charge in [0.1, 0.15) is 12.1 Å². The van der Waals surface area contributed by atoms with E-state index in [4.69, 9.17) is 0 Å². The first-order valence-electron chi connectivity index (χ1n) is 18.6. The molecule has 2 fully saturated rings. The van der Waals surface area contributed by atoms with E-state index in [1.165, 1.54) is 4.90 Å². The predicted octanol–water partition coefficient (Wildman–Crippen LogP) is 4.65. The largest absolute Gasteiger partial charge is 0.349 e. The average Bonchev–Trinajstić information content (AvgIpc) is 2.99. The molecule has 288 valence electrons. The number of hydrogen-bond donors (Lipinski definition) is 4. The second kappa shape index (κ2) is 17.2. The summed E-state index contributed by atoms with van der Waals surface area (Å²) in [5.74, 6) is -2.59. The molecule has 1 saturated carbocycles. The number of piperidine rings is 1. The van der Waals surface area contributed by atoms with Crippen LogP contribution in [0, 0.1) is 16.7 Å². The average molecular weight is 726 g/mol. The summed E-state index contributed by atoms with van der Waals surface area (Å²) in [6, 6.07) is -3.65. The van der Waals surface area contributed by atoms with Crippen LogP contribution >= 0.6 is 0 Å². The molecule has 12 nitrogen and oxygen atoms in total. The Morgan fingerprint density at radius 3 is 2.02 bits per heavy atom. The zero-order valence-electron chi connectivity index (χ0n) is 32.7. The number of nitrogens with zero attached hydrogens (tertiary/aromatic N) is 1. The van der Waals surface area contributed by atoms with Gasteiger partial charge in [0.05, 0.1) is 22.1 Å². The smallest absolute Gasteiger partial charge is 0.315 e. The van der Waals surface area contributed by atoms with Crippen molar-refractivity contribution in [2.75, 3.05) is 18.8 Å². The molecule has 2 rings (SSSR count). The molecule has 1 saturated heterocycles. The van der Waals surface area contributed by atoms with Crippen LogP contribution in [0.2, 0.25) is 0 Å². The lowest BCUT2D eigenvalue weighted by molar-refractivity contribution is -0.151. The molecule has 4 N–H and O–H groups in total. The summed E-state index contributed by atoms with van der Waals surface area (Å²) in [5.41, 5.74) is -2.07. The minimum atomic E-state index is -3.57. The van der Waals surface area contributed by atoms with Gasteiger partial charge in [-0.3, -0.25) is 19.2 Å². The van der Waals surface area contributed by atoms with Crippen molar-refractivity contribution in [1.82, 2.24) is 26.2 Å². The summed E-state index contributed by atoms with van der Waals surface area (Å²) in [6.45, 7) is 21.0. The van der Waals surface area contributed by atoms with Gasteiger partial charge in [0.15, 0.2) is 9.84 Å². The molecule has 0 radical (unpaired) electrons. The lowest BCUT2D eigenvalue weighted by atomic mass is 9.71. The van der Waals surface area contributed by atoms with E-state index in [1.54, 1.807) is 20.8 Å². The number of hydrogen-bond acceptors (Lipinski definition) is 7. The Bertz CT molecular complexity index is 1330. The van der Waals surface area contributed by atoms with Gasteiger partial charge in [-0.1, -0.05) is 87.5 Å². The first kappa shape index (κ1) is 43.5. The molecule has 1 aliphatic heterocycles. The Kier molecular flexibility index (Phi) is 15.0. The number of likely N-dealkylation sites (tertiary alicyclic amines) is 1. The SMILES string of the molecule is CCCCC(NC(=O)[C@@H]1CC(C)(C)C(C)CN1C(=O)[C@@H](NC(=O)NC1(CS(=O)(=O)C(C)(C)C)CCCCC1)C(C)(C)C)C(=O)C(=O)NCCC. The second-order valence-corrected chi connectivity index (χ2v) is 20.3. The number of carbonyl (C=O) groups excluding carboxylic acids is 5. The highest BCUT2D eigenvalue weighted by Crippen LogP contribution is 2.40. The molecule has 0 aromatic carbocycles. The molecule has 2 aliphatic rings. The summed E-state index contributed by atoms with van der Waals surface area (Å²) in [7, 11) is -3.57. The molecule has 0 aromatic rings. The monoisotopic (exact) mass is 725 g/mol. The summed E-state index contributed by atoms with van der Waals surface area (Å²) in [5, 5.41) is 11.3. The van der Waals surface area contributed by atoms with E-state index < -0.39 is 73.2 Å². The van der Waals surface area contributed by atoms with Crippen molar-refractivity contribution in [3.05, 3.63) is 0 Å². The first-order chi connectivity index (χ1) is 22.9. The van der Waals surface area contributed by atoms with Crippen LogP contribution in [0.25, 0.3) is 0 Å². The van der Waals surface area contributed by atoms with Crippen molar-refractivity contribution in [3.63, 3.8) is 0 Å². The lowest BCUT2D eigenvalue weighted by Crippen LogP contribution is -2.66. The number of urea groups is 1. The lowest BCUT2D eigenvalue weighted by Gasteiger charge is -2.49. The molecule has 0 aromatic heterocycles. The second-order valence-electron chi connectivity index (χ2n) is 17.5. The number of unbranched alkanes of at least 4 members (excludes halogenated alkanes) is 1. The molecule has 1 aliphatic carbocycles. The van der Waals surface area contributed by atoms with Crippen molar-refractivity contribution in [2.45, 2.75) is 169 Å². The molecule has 4 atom stereocenters. The Labute approximate surface area is 301 Å². The molecule has 50 heavy (non-hydrogen) atoms. The highest BCUT2D eigenvalue weighted by atomic mass is 32.2. The van der Waals surface area contributed by atoms with Gasteiger partial charge in [0.2, 0.25) is 17.6 Å². The third kappa shape index (κ3) is 11.4. The highest BCUT2D eigenvalue weighted by Gasteiger charge is 2.48. The quantitative estimate of drug-likeness (QED) is 0.189. The van der Waals surface area contributed by atoms with Crippen LogP contribution in [0.3, 0.4) is 0 Å². The summed E-state index contributed by atoms with van der Waals surface area (Å²) < 4.78 is 25.7. The van der Waals surface area contributed by atoms with Crippen LogP contribution in [-0.4, -0.2) is 90.1 Å². The van der Waals surface area contributed by atoms with Crippen LogP contribution < -0.4 is 21.3 Å².